The molecule has 0 spiro atoms. The number of benzene rings is 3. The molecule has 1 N–H and O–H groups in total. The van der Waals surface area contributed by atoms with Gasteiger partial charge in [-0.25, -0.2) is 4.98 Å². The van der Waals surface area contributed by atoms with Crippen molar-refractivity contribution in [2.45, 2.75) is 19.9 Å². The molecule has 36 heavy (non-hydrogen) atoms. The molecule has 0 bridgehead atoms. The first-order valence-corrected chi connectivity index (χ1v) is 12.4. The Bertz CT molecular complexity index is 1500. The molecule has 0 aliphatic carbocycles. The largest absolute Gasteiger partial charge is 0.503 e. The van der Waals surface area contributed by atoms with E-state index in [1.807, 2.05) is 62.4 Å². The van der Waals surface area contributed by atoms with E-state index in [1.54, 1.807) is 30.3 Å². The third-order valence-corrected chi connectivity index (χ3v) is 6.96. The van der Waals surface area contributed by atoms with Gasteiger partial charge >= 0.3 is 0 Å². The van der Waals surface area contributed by atoms with Gasteiger partial charge in [0.25, 0.3) is 5.91 Å². The summed E-state index contributed by atoms with van der Waals surface area (Å²) in [6.45, 7) is 4.41. The summed E-state index contributed by atoms with van der Waals surface area (Å²) >= 11 is 1.35. The fraction of sp³-hybridized carbons (Fsp3) is 0.138. The van der Waals surface area contributed by atoms with E-state index in [-0.39, 0.29) is 5.57 Å². The van der Waals surface area contributed by atoms with Crippen LogP contribution in [0.1, 0.15) is 29.7 Å². The van der Waals surface area contributed by atoms with Gasteiger partial charge in [0.2, 0.25) is 0 Å². The van der Waals surface area contributed by atoms with Crippen LogP contribution in [-0.4, -0.2) is 28.4 Å². The van der Waals surface area contributed by atoms with Crippen LogP contribution in [0.3, 0.4) is 0 Å². The summed E-state index contributed by atoms with van der Waals surface area (Å²) in [6.07, 6.45) is 3.06. The van der Waals surface area contributed by atoms with Crippen LogP contribution < -0.4 is 9.64 Å². The van der Waals surface area contributed by atoms with Crippen molar-refractivity contribution in [2.75, 3.05) is 11.5 Å². The Morgan fingerprint density at radius 2 is 1.86 bits per heavy atom. The predicted octanol–water partition coefficient (Wildman–Crippen LogP) is 6.19. The van der Waals surface area contributed by atoms with Gasteiger partial charge in [0.05, 0.1) is 28.4 Å². The highest BCUT2D eigenvalue weighted by Gasteiger charge is 2.45. The van der Waals surface area contributed by atoms with Crippen molar-refractivity contribution < 1.29 is 19.4 Å². The number of anilines is 1. The molecular weight excluding hydrogens is 472 g/mol. The second kappa shape index (κ2) is 9.79. The number of fused-ring (bicyclic) bond motifs is 1. The standard InChI is InChI=1S/C29H24N2O4S/c1-3-35-21-13-11-20(12-14-21)26-25(23(32)16-10-19-7-5-4-6-8-19)27(33)28(34)31(26)29-30-22-15-9-18(2)17-24(22)36-29/h4-17,26,33H,3H2,1-2H3. The number of amides is 1. The number of ketones is 1. The quantitative estimate of drug-likeness (QED) is 0.309. The Morgan fingerprint density at radius 1 is 1.11 bits per heavy atom. The zero-order valence-electron chi connectivity index (χ0n) is 19.8. The van der Waals surface area contributed by atoms with Gasteiger partial charge in [0.15, 0.2) is 16.7 Å². The minimum atomic E-state index is -0.831. The summed E-state index contributed by atoms with van der Waals surface area (Å²) < 4.78 is 6.48. The first-order valence-electron chi connectivity index (χ1n) is 11.6. The number of aliphatic hydroxyl groups is 1. The summed E-state index contributed by atoms with van der Waals surface area (Å²) in [7, 11) is 0. The van der Waals surface area contributed by atoms with Crippen LogP contribution in [0.2, 0.25) is 0 Å². The van der Waals surface area contributed by atoms with Crippen LogP contribution in [-0.2, 0) is 9.59 Å². The fourth-order valence-corrected chi connectivity index (χ4v) is 5.32. The minimum Gasteiger partial charge on any atom is -0.503 e. The van der Waals surface area contributed by atoms with Gasteiger partial charge in [0, 0.05) is 0 Å². The summed E-state index contributed by atoms with van der Waals surface area (Å²) in [4.78, 5) is 32.8. The average Bonchev–Trinajstić information content (AvgIpc) is 3.41. The highest BCUT2D eigenvalue weighted by Crippen LogP contribution is 2.44. The van der Waals surface area contributed by atoms with E-state index in [9.17, 15) is 14.7 Å². The van der Waals surface area contributed by atoms with Crippen molar-refractivity contribution in [2.24, 2.45) is 0 Å². The summed E-state index contributed by atoms with van der Waals surface area (Å²) in [5, 5.41) is 11.3. The third-order valence-electron chi connectivity index (χ3n) is 5.95. The maximum absolute atomic E-state index is 13.4. The van der Waals surface area contributed by atoms with Gasteiger partial charge in [-0.2, -0.15) is 0 Å². The monoisotopic (exact) mass is 496 g/mol. The number of carbonyl (C=O) groups excluding carboxylic acids is 2. The Balaban J connectivity index is 1.59. The fourth-order valence-electron chi connectivity index (χ4n) is 4.23. The maximum atomic E-state index is 13.4. The number of carbonyl (C=O) groups is 2. The molecule has 1 amide bonds. The number of hydrogen-bond donors (Lipinski definition) is 1. The van der Waals surface area contributed by atoms with E-state index < -0.39 is 23.5 Å². The molecule has 180 valence electrons. The molecule has 5 rings (SSSR count). The van der Waals surface area contributed by atoms with Gasteiger partial charge in [-0.05, 0) is 60.9 Å². The zero-order chi connectivity index (χ0) is 25.2. The second-order valence-electron chi connectivity index (χ2n) is 8.42. The first-order chi connectivity index (χ1) is 17.5. The molecule has 2 heterocycles. The predicted molar refractivity (Wildman–Crippen MR) is 142 cm³/mol. The SMILES string of the molecule is CCOc1ccc(C2C(C(=O)C=Cc3ccccc3)=C(O)C(=O)N2c2nc3ccc(C)cc3s2)cc1. The lowest BCUT2D eigenvalue weighted by molar-refractivity contribution is -0.117. The average molecular weight is 497 g/mol. The Labute approximate surface area is 212 Å². The highest BCUT2D eigenvalue weighted by atomic mass is 32.1. The van der Waals surface area contributed by atoms with Crippen molar-refractivity contribution in [1.29, 1.82) is 0 Å². The molecule has 1 atom stereocenters. The molecular formula is C29H24N2O4S. The molecule has 4 aromatic rings. The third kappa shape index (κ3) is 4.41. The number of nitrogens with zero attached hydrogens (tertiary/aromatic N) is 2. The Kier molecular flexibility index (Phi) is 6.40. The van der Waals surface area contributed by atoms with E-state index in [4.69, 9.17) is 4.74 Å². The molecule has 6 nitrogen and oxygen atoms in total. The van der Waals surface area contributed by atoms with Crippen LogP contribution in [0, 0.1) is 6.92 Å². The molecule has 0 fully saturated rings. The van der Waals surface area contributed by atoms with Gasteiger partial charge in [-0.15, -0.1) is 0 Å². The molecule has 0 radical (unpaired) electrons. The highest BCUT2D eigenvalue weighted by molar-refractivity contribution is 7.22. The molecule has 7 heteroatoms. The number of allylic oxidation sites excluding steroid dienone is 1. The minimum absolute atomic E-state index is 0.0202. The molecule has 1 unspecified atom stereocenters. The Morgan fingerprint density at radius 3 is 2.58 bits per heavy atom. The van der Waals surface area contributed by atoms with E-state index in [0.29, 0.717) is 23.1 Å². The molecule has 0 saturated carbocycles. The molecule has 0 saturated heterocycles. The first kappa shape index (κ1) is 23.5. The molecule has 3 aromatic carbocycles. The van der Waals surface area contributed by atoms with Crippen molar-refractivity contribution in [3.05, 3.63) is 107 Å². The molecule has 1 aliphatic rings. The van der Waals surface area contributed by atoms with Crippen LogP contribution >= 0.6 is 11.3 Å². The van der Waals surface area contributed by atoms with Gasteiger partial charge < -0.3 is 9.84 Å². The lowest BCUT2D eigenvalue weighted by atomic mass is 9.95. The summed E-state index contributed by atoms with van der Waals surface area (Å²) in [5.74, 6) is -0.978. The number of hydrogen-bond acceptors (Lipinski definition) is 6. The van der Waals surface area contributed by atoms with Crippen molar-refractivity contribution >= 4 is 44.5 Å². The van der Waals surface area contributed by atoms with Crippen molar-refractivity contribution in [1.82, 2.24) is 4.98 Å². The topological polar surface area (TPSA) is 79.7 Å². The van der Waals surface area contributed by atoms with Crippen LogP contribution in [0.5, 0.6) is 5.75 Å². The van der Waals surface area contributed by atoms with E-state index in [1.165, 1.54) is 22.3 Å². The number of thiazole rings is 1. The van der Waals surface area contributed by atoms with E-state index in [2.05, 4.69) is 4.98 Å². The van der Waals surface area contributed by atoms with Crippen LogP contribution in [0.15, 0.2) is 90.2 Å². The maximum Gasteiger partial charge on any atom is 0.296 e. The van der Waals surface area contributed by atoms with Gasteiger partial charge in [0.1, 0.15) is 5.75 Å². The number of aliphatic hydroxyl groups excluding tert-OH is 1. The van der Waals surface area contributed by atoms with Crippen LogP contribution in [0.25, 0.3) is 16.3 Å². The Hall–Kier alpha value is -4.23. The van der Waals surface area contributed by atoms with Gasteiger partial charge in [-0.3, -0.25) is 14.5 Å². The zero-order valence-corrected chi connectivity index (χ0v) is 20.7. The normalized spacial score (nSPS) is 15.9. The number of ether oxygens (including phenoxy) is 1. The smallest absolute Gasteiger partial charge is 0.296 e. The van der Waals surface area contributed by atoms with Crippen molar-refractivity contribution in [3.8, 4) is 5.75 Å². The summed E-state index contributed by atoms with van der Waals surface area (Å²) in [6, 6.07) is 21.6. The van der Waals surface area contributed by atoms with Crippen LogP contribution in [0.4, 0.5) is 5.13 Å². The number of aromatic nitrogens is 1. The van der Waals surface area contributed by atoms with E-state index >= 15 is 0 Å². The lowest BCUT2D eigenvalue weighted by Crippen LogP contribution is -2.30. The van der Waals surface area contributed by atoms with E-state index in [0.717, 1.165) is 21.3 Å². The molecule has 1 aliphatic heterocycles. The second-order valence-corrected chi connectivity index (χ2v) is 9.43. The lowest BCUT2D eigenvalue weighted by Gasteiger charge is -2.24. The summed E-state index contributed by atoms with van der Waals surface area (Å²) in [5.41, 5.74) is 3.36. The number of rotatable bonds is 7. The van der Waals surface area contributed by atoms with Crippen molar-refractivity contribution in [3.63, 3.8) is 0 Å². The molecule has 1 aromatic heterocycles. The van der Waals surface area contributed by atoms with Gasteiger partial charge in [-0.1, -0.05) is 65.9 Å². The number of aryl methyl sites for hydroxylation is 1.